The van der Waals surface area contributed by atoms with Crippen molar-refractivity contribution < 1.29 is 4.74 Å². The molecule has 2 N–H and O–H groups in total. The molecule has 0 bridgehead atoms. The third kappa shape index (κ3) is 6.44. The summed E-state index contributed by atoms with van der Waals surface area (Å²) in [6.45, 7) is 10.1. The average molecular weight is 493 g/mol. The molecule has 27 heavy (non-hydrogen) atoms. The number of rotatable bonds is 6. The molecule has 0 spiro atoms. The highest BCUT2D eigenvalue weighted by Crippen LogP contribution is 2.34. The van der Waals surface area contributed by atoms with Crippen molar-refractivity contribution in [2.45, 2.75) is 63.5 Å². The summed E-state index contributed by atoms with van der Waals surface area (Å²) < 4.78 is 5.60. The van der Waals surface area contributed by atoms with Crippen molar-refractivity contribution in [3.05, 3.63) is 0 Å². The molecule has 6 nitrogen and oxygen atoms in total. The van der Waals surface area contributed by atoms with Crippen molar-refractivity contribution in [2.75, 3.05) is 59.5 Å². The van der Waals surface area contributed by atoms with Crippen LogP contribution >= 0.6 is 24.0 Å². The molecule has 0 aromatic carbocycles. The third-order valence-electron chi connectivity index (χ3n) is 6.52. The molecule has 3 rings (SSSR count). The zero-order valence-corrected chi connectivity index (χ0v) is 19.7. The second kappa shape index (κ2) is 11.8. The van der Waals surface area contributed by atoms with Crippen LogP contribution in [0.3, 0.4) is 0 Å². The van der Waals surface area contributed by atoms with Gasteiger partial charge in [-0.3, -0.25) is 9.89 Å². The summed E-state index contributed by atoms with van der Waals surface area (Å²) in [4.78, 5) is 10.2. The number of likely N-dealkylation sites (tertiary alicyclic amines) is 1. The van der Waals surface area contributed by atoms with Crippen LogP contribution in [-0.2, 0) is 4.74 Å². The lowest BCUT2D eigenvalue weighted by Gasteiger charge is -2.47. The van der Waals surface area contributed by atoms with Gasteiger partial charge in [-0.25, -0.2) is 0 Å². The van der Waals surface area contributed by atoms with Gasteiger partial charge in [0.1, 0.15) is 0 Å². The second-order valence-electron chi connectivity index (χ2n) is 8.24. The molecule has 2 aliphatic heterocycles. The summed E-state index contributed by atoms with van der Waals surface area (Å²) >= 11 is 0. The van der Waals surface area contributed by atoms with Gasteiger partial charge < -0.3 is 20.3 Å². The lowest BCUT2D eigenvalue weighted by atomic mass is 9.80. The molecule has 7 heteroatoms. The predicted molar refractivity (Wildman–Crippen MR) is 123 cm³/mol. The fraction of sp³-hybridized carbons (Fsp3) is 0.950. The lowest BCUT2D eigenvalue weighted by Crippen LogP contribution is -2.56. The van der Waals surface area contributed by atoms with Gasteiger partial charge in [0.25, 0.3) is 0 Å². The van der Waals surface area contributed by atoms with Crippen LogP contribution in [0.2, 0.25) is 0 Å². The number of likely N-dealkylation sites (N-methyl/N-ethyl adjacent to an activating group) is 1. The Morgan fingerprint density at radius 2 is 1.81 bits per heavy atom. The molecule has 158 valence electrons. The third-order valence-corrected chi connectivity index (χ3v) is 6.52. The highest BCUT2D eigenvalue weighted by Gasteiger charge is 2.38. The molecule has 0 aromatic heterocycles. The van der Waals surface area contributed by atoms with Crippen LogP contribution in [0.25, 0.3) is 0 Å². The Labute approximate surface area is 182 Å². The van der Waals surface area contributed by atoms with Crippen LogP contribution < -0.4 is 10.6 Å². The first kappa shape index (κ1) is 23.2. The largest absolute Gasteiger partial charge is 0.379 e. The summed E-state index contributed by atoms with van der Waals surface area (Å²) in [6, 6.07) is 0.641. The number of guanidine groups is 1. The molecule has 1 atom stereocenters. The lowest BCUT2D eigenvalue weighted by molar-refractivity contribution is -0.0333. The van der Waals surface area contributed by atoms with Gasteiger partial charge in [-0.15, -0.1) is 24.0 Å². The maximum absolute atomic E-state index is 5.60. The number of halogens is 1. The maximum Gasteiger partial charge on any atom is 0.191 e. The highest BCUT2D eigenvalue weighted by molar-refractivity contribution is 14.0. The molecular weight excluding hydrogens is 453 g/mol. The summed E-state index contributed by atoms with van der Waals surface area (Å²) in [7, 11) is 2.23. The minimum Gasteiger partial charge on any atom is -0.379 e. The Kier molecular flexibility index (Phi) is 10.1. The van der Waals surface area contributed by atoms with E-state index in [9.17, 15) is 0 Å². The Bertz CT molecular complexity index is 450. The van der Waals surface area contributed by atoms with E-state index in [0.29, 0.717) is 6.04 Å². The van der Waals surface area contributed by atoms with E-state index in [0.717, 1.165) is 51.9 Å². The first-order chi connectivity index (χ1) is 12.7. The maximum atomic E-state index is 5.60. The molecule has 3 aliphatic rings. The number of morpholine rings is 1. The van der Waals surface area contributed by atoms with Crippen LogP contribution in [0.1, 0.15) is 51.9 Å². The second-order valence-corrected chi connectivity index (χ2v) is 8.24. The van der Waals surface area contributed by atoms with Gasteiger partial charge in [-0.1, -0.05) is 19.3 Å². The van der Waals surface area contributed by atoms with Gasteiger partial charge in [0.05, 0.1) is 19.8 Å². The smallest absolute Gasteiger partial charge is 0.191 e. The number of hydrogen-bond donors (Lipinski definition) is 2. The van der Waals surface area contributed by atoms with Crippen molar-refractivity contribution >= 4 is 29.9 Å². The molecule has 3 fully saturated rings. The highest BCUT2D eigenvalue weighted by atomic mass is 127. The van der Waals surface area contributed by atoms with Gasteiger partial charge >= 0.3 is 0 Å². The molecule has 0 aromatic rings. The minimum atomic E-state index is 0. The Morgan fingerprint density at radius 1 is 1.07 bits per heavy atom. The van der Waals surface area contributed by atoms with Crippen molar-refractivity contribution in [3.63, 3.8) is 0 Å². The fourth-order valence-corrected chi connectivity index (χ4v) is 4.84. The predicted octanol–water partition coefficient (Wildman–Crippen LogP) is 2.29. The zero-order chi connectivity index (χ0) is 18.2. The molecule has 0 amide bonds. The van der Waals surface area contributed by atoms with Crippen molar-refractivity contribution in [3.8, 4) is 0 Å². The number of ether oxygens (including phenoxy) is 1. The zero-order valence-electron chi connectivity index (χ0n) is 17.3. The van der Waals surface area contributed by atoms with E-state index in [1.807, 2.05) is 0 Å². The van der Waals surface area contributed by atoms with E-state index in [-0.39, 0.29) is 29.5 Å². The number of hydrogen-bond acceptors (Lipinski definition) is 4. The average Bonchev–Trinajstić information content (AvgIpc) is 3.10. The minimum absolute atomic E-state index is 0. The number of aliphatic imine (C=N–C) groups is 1. The van der Waals surface area contributed by atoms with E-state index in [1.165, 1.54) is 51.5 Å². The van der Waals surface area contributed by atoms with Crippen molar-refractivity contribution in [2.24, 2.45) is 4.99 Å². The summed E-state index contributed by atoms with van der Waals surface area (Å²) in [5.41, 5.74) is 0.245. The standard InChI is InChI=1S/C20H39N5O.HI/c1-3-21-19(22-16-18-8-7-11-24(18)2)23-17-20(9-5-4-6-10-20)25-12-14-26-15-13-25;/h18H,3-17H2,1-2H3,(H2,21,22,23);1H. The van der Waals surface area contributed by atoms with Crippen LogP contribution in [0, 0.1) is 0 Å². The van der Waals surface area contributed by atoms with Crippen LogP contribution in [0.4, 0.5) is 0 Å². The van der Waals surface area contributed by atoms with E-state index >= 15 is 0 Å². The topological polar surface area (TPSA) is 52.1 Å². The van der Waals surface area contributed by atoms with E-state index < -0.39 is 0 Å². The fourth-order valence-electron chi connectivity index (χ4n) is 4.84. The summed E-state index contributed by atoms with van der Waals surface area (Å²) in [5, 5.41) is 7.07. The van der Waals surface area contributed by atoms with Crippen molar-refractivity contribution in [1.29, 1.82) is 0 Å². The van der Waals surface area contributed by atoms with Gasteiger partial charge in [0.15, 0.2) is 5.96 Å². The molecule has 1 aliphatic carbocycles. The molecule has 0 radical (unpaired) electrons. The van der Waals surface area contributed by atoms with Gasteiger partial charge in [0, 0.05) is 37.8 Å². The van der Waals surface area contributed by atoms with Gasteiger partial charge in [-0.05, 0) is 46.2 Å². The normalized spacial score (nSPS) is 27.2. The Balaban J connectivity index is 0.00000261. The van der Waals surface area contributed by atoms with E-state index in [2.05, 4.69) is 34.4 Å². The molecule has 1 unspecified atom stereocenters. The van der Waals surface area contributed by atoms with Crippen LogP contribution in [0.15, 0.2) is 4.99 Å². The molecule has 1 saturated carbocycles. The van der Waals surface area contributed by atoms with Gasteiger partial charge in [-0.2, -0.15) is 0 Å². The van der Waals surface area contributed by atoms with Crippen molar-refractivity contribution in [1.82, 2.24) is 20.4 Å². The SMILES string of the molecule is CCNC(=NCC1(N2CCOCC2)CCCCC1)NCC1CCCN1C.I. The number of nitrogens with one attached hydrogen (secondary N) is 2. The monoisotopic (exact) mass is 493 g/mol. The van der Waals surface area contributed by atoms with Crippen LogP contribution in [-0.4, -0.2) is 86.9 Å². The summed E-state index contributed by atoms with van der Waals surface area (Å²) in [6.07, 6.45) is 9.22. The summed E-state index contributed by atoms with van der Waals surface area (Å²) in [5.74, 6) is 0.992. The first-order valence-corrected chi connectivity index (χ1v) is 10.8. The molecule has 2 saturated heterocycles. The molecular formula is C20H40IN5O. The first-order valence-electron chi connectivity index (χ1n) is 10.8. The number of nitrogens with zero attached hydrogens (tertiary/aromatic N) is 3. The van der Waals surface area contributed by atoms with E-state index in [1.54, 1.807) is 0 Å². The van der Waals surface area contributed by atoms with E-state index in [4.69, 9.17) is 9.73 Å². The molecule has 2 heterocycles. The Morgan fingerprint density at radius 3 is 2.44 bits per heavy atom. The van der Waals surface area contributed by atoms with Gasteiger partial charge in [0.2, 0.25) is 0 Å². The van der Waals surface area contributed by atoms with Crippen LogP contribution in [0.5, 0.6) is 0 Å². The quantitative estimate of drug-likeness (QED) is 0.338. The Hall–Kier alpha value is -0.120.